The Hall–Kier alpha value is -2.27. The van der Waals surface area contributed by atoms with Gasteiger partial charge in [-0.3, -0.25) is 4.79 Å². The molecule has 0 aliphatic heterocycles. The molecule has 1 saturated carbocycles. The predicted molar refractivity (Wildman–Crippen MR) is 125 cm³/mol. The molecule has 0 bridgehead atoms. The van der Waals surface area contributed by atoms with Crippen molar-refractivity contribution in [3.63, 3.8) is 0 Å². The highest BCUT2D eigenvalue weighted by molar-refractivity contribution is 7.89. The first-order chi connectivity index (χ1) is 16.0. The van der Waals surface area contributed by atoms with E-state index in [9.17, 15) is 18.3 Å². The molecule has 2 aromatic heterocycles. The van der Waals surface area contributed by atoms with Crippen LogP contribution in [0.5, 0.6) is 0 Å². The van der Waals surface area contributed by atoms with Crippen LogP contribution >= 0.6 is 0 Å². The summed E-state index contributed by atoms with van der Waals surface area (Å²) in [6, 6.07) is 0. The number of sulfonamides is 1. The number of rotatable bonds is 11. The molecule has 1 aliphatic carbocycles. The Morgan fingerprint density at radius 1 is 1.29 bits per heavy atom. The second-order valence-corrected chi connectivity index (χ2v) is 12.2. The van der Waals surface area contributed by atoms with Crippen molar-refractivity contribution in [1.29, 1.82) is 0 Å². The SMILES string of the molecule is Cn1cnc(S(=O)(=O)NCc2noc([C@H](CCCC3CCCCC3)C(C(=O)O)C(C)(C)C)n2)c1. The van der Waals surface area contributed by atoms with Gasteiger partial charge in [-0.15, -0.1) is 0 Å². The molecule has 0 saturated heterocycles. The van der Waals surface area contributed by atoms with Crippen molar-refractivity contribution in [1.82, 2.24) is 24.4 Å². The van der Waals surface area contributed by atoms with Crippen LogP contribution < -0.4 is 4.72 Å². The first-order valence-electron chi connectivity index (χ1n) is 12.0. The van der Waals surface area contributed by atoms with Gasteiger partial charge in [0.25, 0.3) is 10.0 Å². The van der Waals surface area contributed by atoms with E-state index in [-0.39, 0.29) is 23.3 Å². The number of imidazole rings is 1. The number of aryl methyl sites for hydroxylation is 1. The highest BCUT2D eigenvalue weighted by atomic mass is 32.2. The maximum Gasteiger partial charge on any atom is 0.307 e. The Kier molecular flexibility index (Phi) is 8.51. The van der Waals surface area contributed by atoms with Gasteiger partial charge in [0.2, 0.25) is 5.89 Å². The molecule has 0 radical (unpaired) electrons. The number of nitrogens with zero attached hydrogens (tertiary/aromatic N) is 4. The van der Waals surface area contributed by atoms with Gasteiger partial charge in [-0.2, -0.15) is 4.98 Å². The third kappa shape index (κ3) is 6.88. The molecular weight excluding hydrogens is 458 g/mol. The Morgan fingerprint density at radius 3 is 2.59 bits per heavy atom. The number of nitrogens with one attached hydrogen (secondary N) is 1. The zero-order valence-electron chi connectivity index (χ0n) is 20.5. The Bertz CT molecular complexity index is 1050. The van der Waals surface area contributed by atoms with Crippen LogP contribution in [0, 0.1) is 17.3 Å². The van der Waals surface area contributed by atoms with E-state index in [1.165, 1.54) is 49.2 Å². The van der Waals surface area contributed by atoms with E-state index >= 15 is 0 Å². The fourth-order valence-corrected chi connectivity index (χ4v) is 5.89. The predicted octanol–water partition coefficient (Wildman–Crippen LogP) is 3.86. The summed E-state index contributed by atoms with van der Waals surface area (Å²) < 4.78 is 34.3. The lowest BCUT2D eigenvalue weighted by atomic mass is 9.71. The minimum absolute atomic E-state index is 0.0991. The van der Waals surface area contributed by atoms with Crippen molar-refractivity contribution in [2.45, 2.75) is 89.6 Å². The molecule has 2 atom stereocenters. The molecule has 0 aromatic carbocycles. The largest absolute Gasteiger partial charge is 0.481 e. The second-order valence-electron chi connectivity index (χ2n) is 10.5. The lowest BCUT2D eigenvalue weighted by Gasteiger charge is -2.32. The molecule has 34 heavy (non-hydrogen) atoms. The number of aliphatic carboxylic acids is 1. The van der Waals surface area contributed by atoms with Gasteiger partial charge in [-0.1, -0.05) is 70.9 Å². The number of hydrogen-bond acceptors (Lipinski definition) is 7. The quantitative estimate of drug-likeness (QED) is 0.479. The van der Waals surface area contributed by atoms with E-state index in [0.29, 0.717) is 12.3 Å². The standard InChI is InChI=1S/C23H37N5O5S/c1-23(2,3)20(22(29)30)17(12-8-11-16-9-6-5-7-10-16)21-26-18(27-33-21)13-25-34(31,32)19-14-28(4)15-24-19/h14-17,20,25H,5-13H2,1-4H3,(H,29,30)/t17-,20?/m1/s1. The highest BCUT2D eigenvalue weighted by Crippen LogP contribution is 2.41. The summed E-state index contributed by atoms with van der Waals surface area (Å²) in [7, 11) is -2.15. The fourth-order valence-electron chi connectivity index (χ4n) is 4.93. The van der Waals surface area contributed by atoms with E-state index in [4.69, 9.17) is 4.52 Å². The maximum atomic E-state index is 12.4. The minimum atomic E-state index is -3.83. The van der Waals surface area contributed by atoms with Crippen LogP contribution in [0.15, 0.2) is 22.1 Å². The minimum Gasteiger partial charge on any atom is -0.481 e. The first kappa shape index (κ1) is 26.3. The van der Waals surface area contributed by atoms with Crippen molar-refractivity contribution < 1.29 is 22.8 Å². The van der Waals surface area contributed by atoms with Gasteiger partial charge < -0.3 is 14.2 Å². The van der Waals surface area contributed by atoms with Crippen LogP contribution in [0.4, 0.5) is 0 Å². The summed E-state index contributed by atoms with van der Waals surface area (Å²) in [5.41, 5.74) is -0.517. The lowest BCUT2D eigenvalue weighted by Crippen LogP contribution is -2.34. The van der Waals surface area contributed by atoms with Crippen molar-refractivity contribution in [3.05, 3.63) is 24.2 Å². The van der Waals surface area contributed by atoms with E-state index < -0.39 is 33.2 Å². The number of hydrogen-bond donors (Lipinski definition) is 2. The lowest BCUT2D eigenvalue weighted by molar-refractivity contribution is -0.147. The molecule has 1 fully saturated rings. The smallest absolute Gasteiger partial charge is 0.307 e. The molecule has 2 heterocycles. The molecule has 2 aromatic rings. The molecule has 0 spiro atoms. The molecule has 3 rings (SSSR count). The Morgan fingerprint density at radius 2 is 2.00 bits per heavy atom. The van der Waals surface area contributed by atoms with Crippen LogP contribution in [0.3, 0.4) is 0 Å². The zero-order valence-corrected chi connectivity index (χ0v) is 21.3. The van der Waals surface area contributed by atoms with Crippen LogP contribution in [0.2, 0.25) is 0 Å². The summed E-state index contributed by atoms with van der Waals surface area (Å²) in [4.78, 5) is 20.5. The van der Waals surface area contributed by atoms with Crippen molar-refractivity contribution in [2.75, 3.05) is 0 Å². The molecule has 1 unspecified atom stereocenters. The monoisotopic (exact) mass is 495 g/mol. The molecule has 1 aliphatic rings. The van der Waals surface area contributed by atoms with Gasteiger partial charge in [-0.25, -0.2) is 18.1 Å². The summed E-state index contributed by atoms with van der Waals surface area (Å²) >= 11 is 0. The molecule has 0 amide bonds. The van der Waals surface area contributed by atoms with Gasteiger partial charge in [-0.05, 0) is 17.8 Å². The number of carboxylic acids is 1. The van der Waals surface area contributed by atoms with Gasteiger partial charge in [0.1, 0.15) is 0 Å². The van der Waals surface area contributed by atoms with Crippen molar-refractivity contribution in [3.8, 4) is 0 Å². The first-order valence-corrected chi connectivity index (χ1v) is 13.5. The van der Waals surface area contributed by atoms with Gasteiger partial charge in [0, 0.05) is 13.2 Å². The van der Waals surface area contributed by atoms with Crippen LogP contribution in [-0.4, -0.2) is 39.2 Å². The van der Waals surface area contributed by atoms with Gasteiger partial charge >= 0.3 is 5.97 Å². The Labute approximate surface area is 201 Å². The Balaban J connectivity index is 1.72. The third-order valence-corrected chi connectivity index (χ3v) is 7.92. The summed E-state index contributed by atoms with van der Waals surface area (Å²) in [5, 5.41) is 13.9. The molecule has 10 nitrogen and oxygen atoms in total. The summed E-state index contributed by atoms with van der Waals surface area (Å²) in [6.07, 6.45) is 11.7. The summed E-state index contributed by atoms with van der Waals surface area (Å²) in [6.45, 7) is 5.53. The normalized spacial score (nSPS) is 17.5. The molecular formula is C23H37N5O5S. The number of carbonyl (C=O) groups is 1. The van der Waals surface area contributed by atoms with E-state index in [1.807, 2.05) is 20.8 Å². The van der Waals surface area contributed by atoms with E-state index in [0.717, 1.165) is 12.8 Å². The van der Waals surface area contributed by atoms with E-state index in [2.05, 4.69) is 19.8 Å². The van der Waals surface area contributed by atoms with Gasteiger partial charge in [0.15, 0.2) is 10.9 Å². The van der Waals surface area contributed by atoms with Crippen LogP contribution in [0.25, 0.3) is 0 Å². The number of carboxylic acid groups (broad SMARTS) is 1. The average molecular weight is 496 g/mol. The molecule has 11 heteroatoms. The van der Waals surface area contributed by atoms with Crippen LogP contribution in [0.1, 0.15) is 89.8 Å². The molecule has 190 valence electrons. The van der Waals surface area contributed by atoms with E-state index in [1.54, 1.807) is 7.05 Å². The maximum absolute atomic E-state index is 12.4. The highest BCUT2D eigenvalue weighted by Gasteiger charge is 2.41. The second kappa shape index (κ2) is 11.0. The average Bonchev–Trinajstić information content (AvgIpc) is 3.41. The molecule has 2 N–H and O–H groups in total. The van der Waals surface area contributed by atoms with Crippen molar-refractivity contribution in [2.24, 2.45) is 24.3 Å². The van der Waals surface area contributed by atoms with Crippen LogP contribution in [-0.2, 0) is 28.4 Å². The zero-order chi connectivity index (χ0) is 24.9. The third-order valence-electron chi connectivity index (χ3n) is 6.63. The number of aromatic nitrogens is 4. The fraction of sp³-hybridized carbons (Fsp3) is 0.739. The van der Waals surface area contributed by atoms with Gasteiger partial charge in [0.05, 0.1) is 24.7 Å². The summed E-state index contributed by atoms with van der Waals surface area (Å²) in [5.74, 6) is -0.952. The van der Waals surface area contributed by atoms with Crippen molar-refractivity contribution >= 4 is 16.0 Å². The topological polar surface area (TPSA) is 140 Å².